The SMILES string of the molecule is COC(C)CCC(=O)NC(C)c1ccc(CN)cc1. The first-order chi connectivity index (χ1) is 9.06. The van der Waals surface area contributed by atoms with Gasteiger partial charge in [0.25, 0.3) is 0 Å². The molecule has 0 aromatic heterocycles. The van der Waals surface area contributed by atoms with Crippen LogP contribution in [0.5, 0.6) is 0 Å². The minimum absolute atomic E-state index is 0.0113. The number of methoxy groups -OCH3 is 1. The molecule has 0 heterocycles. The third kappa shape index (κ3) is 5.41. The van der Waals surface area contributed by atoms with Gasteiger partial charge in [-0.2, -0.15) is 0 Å². The maximum Gasteiger partial charge on any atom is 0.220 e. The van der Waals surface area contributed by atoms with Gasteiger partial charge in [-0.15, -0.1) is 0 Å². The Balaban J connectivity index is 2.44. The van der Waals surface area contributed by atoms with Gasteiger partial charge in [0.1, 0.15) is 0 Å². The van der Waals surface area contributed by atoms with Crippen LogP contribution in [0, 0.1) is 0 Å². The zero-order chi connectivity index (χ0) is 14.3. The average molecular weight is 264 g/mol. The molecule has 2 unspecified atom stereocenters. The standard InChI is InChI=1S/C15H24N2O2/c1-11(19-3)4-9-15(18)17-12(2)14-7-5-13(10-16)6-8-14/h5-8,11-12H,4,9-10,16H2,1-3H3,(H,17,18). The van der Waals surface area contributed by atoms with E-state index in [1.165, 1.54) is 0 Å². The van der Waals surface area contributed by atoms with Gasteiger partial charge in [-0.3, -0.25) is 4.79 Å². The Bertz CT molecular complexity index is 390. The first-order valence-corrected chi connectivity index (χ1v) is 6.68. The van der Waals surface area contributed by atoms with Crippen LogP contribution in [0.3, 0.4) is 0 Å². The van der Waals surface area contributed by atoms with Crippen LogP contribution >= 0.6 is 0 Å². The quantitative estimate of drug-likeness (QED) is 0.793. The van der Waals surface area contributed by atoms with Crippen LogP contribution in [0.4, 0.5) is 0 Å². The minimum atomic E-state index is 0.0113. The summed E-state index contributed by atoms with van der Waals surface area (Å²) in [6, 6.07) is 8.00. The Labute approximate surface area is 115 Å². The molecule has 1 rings (SSSR count). The van der Waals surface area contributed by atoms with E-state index in [-0.39, 0.29) is 18.1 Å². The topological polar surface area (TPSA) is 64.3 Å². The molecule has 0 fully saturated rings. The van der Waals surface area contributed by atoms with Crippen LogP contribution in [0.1, 0.15) is 43.9 Å². The van der Waals surface area contributed by atoms with E-state index in [1.807, 2.05) is 38.1 Å². The molecular formula is C15H24N2O2. The summed E-state index contributed by atoms with van der Waals surface area (Å²) in [4.78, 5) is 11.8. The lowest BCUT2D eigenvalue weighted by molar-refractivity contribution is -0.122. The van der Waals surface area contributed by atoms with Crippen LogP contribution in [0.25, 0.3) is 0 Å². The Morgan fingerprint density at radius 1 is 1.32 bits per heavy atom. The maximum absolute atomic E-state index is 11.8. The summed E-state index contributed by atoms with van der Waals surface area (Å²) in [5.74, 6) is 0.0549. The van der Waals surface area contributed by atoms with Crippen molar-refractivity contribution in [3.05, 3.63) is 35.4 Å². The second-order valence-corrected chi connectivity index (χ2v) is 4.82. The fourth-order valence-corrected chi connectivity index (χ4v) is 1.79. The molecule has 19 heavy (non-hydrogen) atoms. The van der Waals surface area contributed by atoms with Gasteiger partial charge in [0, 0.05) is 20.1 Å². The van der Waals surface area contributed by atoms with Crippen LogP contribution in [0.2, 0.25) is 0 Å². The molecule has 4 nitrogen and oxygen atoms in total. The molecule has 1 amide bonds. The Morgan fingerprint density at radius 3 is 2.47 bits per heavy atom. The Kier molecular flexibility index (Phi) is 6.53. The van der Waals surface area contributed by atoms with Crippen LogP contribution < -0.4 is 11.1 Å². The van der Waals surface area contributed by atoms with Crippen LogP contribution in [-0.2, 0) is 16.1 Å². The van der Waals surface area contributed by atoms with Gasteiger partial charge in [0.05, 0.1) is 12.1 Å². The lowest BCUT2D eigenvalue weighted by Crippen LogP contribution is -2.27. The minimum Gasteiger partial charge on any atom is -0.382 e. The number of ether oxygens (including phenoxy) is 1. The number of amides is 1. The second kappa shape index (κ2) is 7.92. The van der Waals surface area contributed by atoms with Crippen LogP contribution in [0.15, 0.2) is 24.3 Å². The highest BCUT2D eigenvalue weighted by molar-refractivity contribution is 5.76. The highest BCUT2D eigenvalue weighted by atomic mass is 16.5. The number of hydrogen-bond acceptors (Lipinski definition) is 3. The number of benzene rings is 1. The Hall–Kier alpha value is -1.39. The highest BCUT2D eigenvalue weighted by Gasteiger charge is 2.10. The molecule has 0 spiro atoms. The van der Waals surface area contributed by atoms with E-state index in [0.29, 0.717) is 13.0 Å². The lowest BCUT2D eigenvalue weighted by atomic mass is 10.1. The number of carbonyl (C=O) groups is 1. The summed E-state index contributed by atoms with van der Waals surface area (Å²) in [6.07, 6.45) is 1.34. The fraction of sp³-hybridized carbons (Fsp3) is 0.533. The van der Waals surface area contributed by atoms with E-state index < -0.39 is 0 Å². The van der Waals surface area contributed by atoms with Crippen molar-refractivity contribution in [2.24, 2.45) is 5.73 Å². The average Bonchev–Trinajstić information content (AvgIpc) is 2.44. The van der Waals surface area contributed by atoms with Gasteiger partial charge in [0.2, 0.25) is 5.91 Å². The maximum atomic E-state index is 11.8. The Morgan fingerprint density at radius 2 is 1.95 bits per heavy atom. The van der Waals surface area contributed by atoms with Gasteiger partial charge < -0.3 is 15.8 Å². The van der Waals surface area contributed by atoms with E-state index in [2.05, 4.69) is 5.32 Å². The molecule has 0 saturated heterocycles. The zero-order valence-corrected chi connectivity index (χ0v) is 12.0. The summed E-state index contributed by atoms with van der Waals surface area (Å²) < 4.78 is 5.12. The largest absolute Gasteiger partial charge is 0.382 e. The number of nitrogens with two attached hydrogens (primary N) is 1. The third-order valence-electron chi connectivity index (χ3n) is 3.27. The number of carbonyl (C=O) groups excluding carboxylic acids is 1. The van der Waals surface area contributed by atoms with E-state index in [4.69, 9.17) is 10.5 Å². The molecule has 1 aromatic carbocycles. The van der Waals surface area contributed by atoms with Gasteiger partial charge in [0.15, 0.2) is 0 Å². The molecule has 0 saturated carbocycles. The van der Waals surface area contributed by atoms with E-state index in [9.17, 15) is 4.79 Å². The van der Waals surface area contributed by atoms with Crippen molar-refractivity contribution in [1.29, 1.82) is 0 Å². The summed E-state index contributed by atoms with van der Waals surface area (Å²) in [7, 11) is 1.66. The van der Waals surface area contributed by atoms with Crippen molar-refractivity contribution < 1.29 is 9.53 Å². The molecular weight excluding hydrogens is 240 g/mol. The van der Waals surface area contributed by atoms with E-state index >= 15 is 0 Å². The number of nitrogens with one attached hydrogen (secondary N) is 1. The van der Waals surface area contributed by atoms with Gasteiger partial charge in [-0.25, -0.2) is 0 Å². The second-order valence-electron chi connectivity index (χ2n) is 4.82. The molecule has 2 atom stereocenters. The monoisotopic (exact) mass is 264 g/mol. The van der Waals surface area contributed by atoms with Crippen molar-refractivity contribution in [2.45, 2.75) is 45.4 Å². The van der Waals surface area contributed by atoms with Crippen molar-refractivity contribution in [3.8, 4) is 0 Å². The highest BCUT2D eigenvalue weighted by Crippen LogP contribution is 2.13. The van der Waals surface area contributed by atoms with E-state index in [1.54, 1.807) is 7.11 Å². The molecule has 106 valence electrons. The number of hydrogen-bond donors (Lipinski definition) is 2. The smallest absolute Gasteiger partial charge is 0.220 e. The summed E-state index contributed by atoms with van der Waals surface area (Å²) in [6.45, 7) is 4.48. The molecule has 3 N–H and O–H groups in total. The summed E-state index contributed by atoms with van der Waals surface area (Å²) >= 11 is 0. The molecule has 0 aliphatic heterocycles. The van der Waals surface area contributed by atoms with Crippen molar-refractivity contribution in [1.82, 2.24) is 5.32 Å². The van der Waals surface area contributed by atoms with E-state index in [0.717, 1.165) is 17.5 Å². The molecule has 0 bridgehead atoms. The zero-order valence-electron chi connectivity index (χ0n) is 12.0. The van der Waals surface area contributed by atoms with Crippen LogP contribution in [-0.4, -0.2) is 19.1 Å². The lowest BCUT2D eigenvalue weighted by Gasteiger charge is -2.15. The van der Waals surface area contributed by atoms with Crippen molar-refractivity contribution >= 4 is 5.91 Å². The third-order valence-corrected chi connectivity index (χ3v) is 3.27. The fourth-order valence-electron chi connectivity index (χ4n) is 1.79. The predicted molar refractivity (Wildman–Crippen MR) is 76.6 cm³/mol. The van der Waals surface area contributed by atoms with Crippen molar-refractivity contribution in [3.63, 3.8) is 0 Å². The molecule has 0 aliphatic rings. The predicted octanol–water partition coefficient (Wildman–Crippen LogP) is 2.14. The number of rotatable bonds is 7. The first kappa shape index (κ1) is 15.7. The molecule has 0 aliphatic carbocycles. The van der Waals surface area contributed by atoms with Crippen molar-refractivity contribution in [2.75, 3.05) is 7.11 Å². The summed E-state index contributed by atoms with van der Waals surface area (Å²) in [5.41, 5.74) is 7.74. The van der Waals surface area contributed by atoms with Gasteiger partial charge in [-0.05, 0) is 31.4 Å². The molecule has 4 heteroatoms. The van der Waals surface area contributed by atoms with Gasteiger partial charge in [-0.1, -0.05) is 24.3 Å². The normalized spacial score (nSPS) is 13.9. The molecule has 0 radical (unpaired) electrons. The first-order valence-electron chi connectivity index (χ1n) is 6.68. The molecule has 1 aromatic rings. The van der Waals surface area contributed by atoms with Gasteiger partial charge >= 0.3 is 0 Å². The summed E-state index contributed by atoms with van der Waals surface area (Å²) in [5, 5.41) is 2.99.